The van der Waals surface area contributed by atoms with Gasteiger partial charge in [0.1, 0.15) is 5.56 Å². The monoisotopic (exact) mass is 260 g/mol. The van der Waals surface area contributed by atoms with Gasteiger partial charge >= 0.3 is 5.97 Å². The SMILES string of the molecule is CNc1c(C(=O)OC)cnc2c(COC)cccc12. The van der Waals surface area contributed by atoms with Crippen molar-refractivity contribution in [3.8, 4) is 0 Å². The van der Waals surface area contributed by atoms with Crippen LogP contribution in [0.5, 0.6) is 0 Å². The van der Waals surface area contributed by atoms with E-state index in [9.17, 15) is 4.79 Å². The second-order valence-corrected chi connectivity index (χ2v) is 4.03. The molecule has 0 saturated carbocycles. The van der Waals surface area contributed by atoms with Gasteiger partial charge in [0.15, 0.2) is 0 Å². The quantitative estimate of drug-likeness (QED) is 0.854. The summed E-state index contributed by atoms with van der Waals surface area (Å²) in [7, 11) is 4.76. The normalized spacial score (nSPS) is 10.5. The lowest BCUT2D eigenvalue weighted by molar-refractivity contribution is 0.0601. The molecule has 5 nitrogen and oxygen atoms in total. The Morgan fingerprint density at radius 3 is 2.79 bits per heavy atom. The summed E-state index contributed by atoms with van der Waals surface area (Å²) in [5.74, 6) is -0.407. The number of aromatic nitrogens is 1. The second kappa shape index (κ2) is 5.67. The van der Waals surface area contributed by atoms with Gasteiger partial charge in [-0.2, -0.15) is 0 Å². The summed E-state index contributed by atoms with van der Waals surface area (Å²) in [5.41, 5.74) is 2.94. The molecule has 1 aromatic heterocycles. The molecule has 0 fully saturated rings. The molecule has 100 valence electrons. The summed E-state index contributed by atoms with van der Waals surface area (Å²) in [6, 6.07) is 5.79. The molecule has 0 unspecified atom stereocenters. The topological polar surface area (TPSA) is 60.5 Å². The number of ether oxygens (including phenoxy) is 2. The highest BCUT2D eigenvalue weighted by Crippen LogP contribution is 2.28. The highest BCUT2D eigenvalue weighted by Gasteiger charge is 2.16. The lowest BCUT2D eigenvalue weighted by Gasteiger charge is -2.12. The van der Waals surface area contributed by atoms with Crippen LogP contribution >= 0.6 is 0 Å². The molecular formula is C14H16N2O3. The van der Waals surface area contributed by atoms with Crippen LogP contribution in [0.25, 0.3) is 10.9 Å². The summed E-state index contributed by atoms with van der Waals surface area (Å²) in [6.45, 7) is 0.477. The van der Waals surface area contributed by atoms with Crippen molar-refractivity contribution in [1.82, 2.24) is 4.98 Å². The van der Waals surface area contributed by atoms with Crippen molar-refractivity contribution in [2.75, 3.05) is 26.6 Å². The van der Waals surface area contributed by atoms with Crippen LogP contribution < -0.4 is 5.32 Å². The van der Waals surface area contributed by atoms with E-state index in [0.29, 0.717) is 12.2 Å². The molecule has 0 aliphatic carbocycles. The summed E-state index contributed by atoms with van der Waals surface area (Å²) < 4.78 is 9.92. The van der Waals surface area contributed by atoms with Crippen molar-refractivity contribution in [3.05, 3.63) is 35.5 Å². The Kier molecular flexibility index (Phi) is 3.97. The van der Waals surface area contributed by atoms with Gasteiger partial charge in [-0.1, -0.05) is 18.2 Å². The molecule has 0 spiro atoms. The van der Waals surface area contributed by atoms with E-state index >= 15 is 0 Å². The van der Waals surface area contributed by atoms with Gasteiger partial charge < -0.3 is 14.8 Å². The zero-order valence-corrected chi connectivity index (χ0v) is 11.2. The number of methoxy groups -OCH3 is 2. The summed E-state index contributed by atoms with van der Waals surface area (Å²) in [5, 5.41) is 3.92. The molecular weight excluding hydrogens is 244 g/mol. The van der Waals surface area contributed by atoms with Crippen molar-refractivity contribution in [1.29, 1.82) is 0 Å². The number of esters is 1. The van der Waals surface area contributed by atoms with E-state index in [4.69, 9.17) is 9.47 Å². The maximum absolute atomic E-state index is 11.7. The minimum Gasteiger partial charge on any atom is -0.465 e. The smallest absolute Gasteiger partial charge is 0.341 e. The van der Waals surface area contributed by atoms with Gasteiger partial charge in [-0.25, -0.2) is 4.79 Å². The highest BCUT2D eigenvalue weighted by molar-refractivity contribution is 6.05. The van der Waals surface area contributed by atoms with Gasteiger partial charge in [0, 0.05) is 31.3 Å². The molecule has 2 rings (SSSR count). The molecule has 1 aromatic carbocycles. The molecule has 0 bridgehead atoms. The first-order chi connectivity index (χ1) is 9.22. The van der Waals surface area contributed by atoms with Crippen LogP contribution in [0, 0.1) is 0 Å². The van der Waals surface area contributed by atoms with Crippen molar-refractivity contribution in [2.45, 2.75) is 6.61 Å². The molecule has 5 heteroatoms. The van der Waals surface area contributed by atoms with E-state index in [1.165, 1.54) is 13.3 Å². The maximum atomic E-state index is 11.7. The number of carbonyl (C=O) groups is 1. The fraction of sp³-hybridized carbons (Fsp3) is 0.286. The van der Waals surface area contributed by atoms with Crippen molar-refractivity contribution >= 4 is 22.6 Å². The molecule has 1 N–H and O–H groups in total. The van der Waals surface area contributed by atoms with E-state index in [2.05, 4.69) is 10.3 Å². The molecule has 0 radical (unpaired) electrons. The Hall–Kier alpha value is -2.14. The molecule has 1 heterocycles. The van der Waals surface area contributed by atoms with Crippen molar-refractivity contribution in [2.24, 2.45) is 0 Å². The fourth-order valence-corrected chi connectivity index (χ4v) is 2.09. The first-order valence-corrected chi connectivity index (χ1v) is 5.88. The zero-order chi connectivity index (χ0) is 13.8. The van der Waals surface area contributed by atoms with Crippen molar-refractivity contribution in [3.63, 3.8) is 0 Å². The van der Waals surface area contributed by atoms with E-state index in [1.807, 2.05) is 18.2 Å². The largest absolute Gasteiger partial charge is 0.465 e. The summed E-state index contributed by atoms with van der Waals surface area (Å²) in [6.07, 6.45) is 1.53. The molecule has 0 atom stereocenters. The number of pyridine rings is 1. The van der Waals surface area contributed by atoms with Gasteiger partial charge in [-0.3, -0.25) is 4.98 Å². The number of fused-ring (bicyclic) bond motifs is 1. The Balaban J connectivity index is 2.69. The van der Waals surface area contributed by atoms with Crippen molar-refractivity contribution < 1.29 is 14.3 Å². The van der Waals surface area contributed by atoms with Crippen LogP contribution in [0.1, 0.15) is 15.9 Å². The Bertz CT molecular complexity index is 611. The number of carbonyl (C=O) groups excluding carboxylic acids is 1. The minimum atomic E-state index is -0.407. The van der Waals surface area contributed by atoms with Gasteiger partial charge in [-0.05, 0) is 0 Å². The first-order valence-electron chi connectivity index (χ1n) is 5.88. The van der Waals surface area contributed by atoms with Crippen LogP contribution in [0.2, 0.25) is 0 Å². The lowest BCUT2D eigenvalue weighted by atomic mass is 10.1. The second-order valence-electron chi connectivity index (χ2n) is 4.03. The predicted molar refractivity (Wildman–Crippen MR) is 73.3 cm³/mol. The van der Waals surface area contributed by atoms with Gasteiger partial charge in [0.05, 0.1) is 24.9 Å². The van der Waals surface area contributed by atoms with Crippen LogP contribution in [0.15, 0.2) is 24.4 Å². The standard InChI is InChI=1S/C14H16N2O3/c1-15-13-10-6-4-5-9(8-18-2)12(10)16-7-11(13)14(17)19-3/h4-7H,8H2,1-3H3,(H,15,16). The van der Waals surface area contributed by atoms with Crippen LogP contribution in [-0.4, -0.2) is 32.2 Å². The molecule has 0 saturated heterocycles. The zero-order valence-electron chi connectivity index (χ0n) is 11.2. The third-order valence-electron chi connectivity index (χ3n) is 2.94. The number of rotatable bonds is 4. The first kappa shape index (κ1) is 13.3. The number of hydrogen-bond donors (Lipinski definition) is 1. The van der Waals surface area contributed by atoms with E-state index in [1.54, 1.807) is 14.2 Å². The Labute approximate surface area is 111 Å². The number of hydrogen-bond acceptors (Lipinski definition) is 5. The van der Waals surface area contributed by atoms with E-state index < -0.39 is 5.97 Å². The van der Waals surface area contributed by atoms with Crippen LogP contribution in [0.3, 0.4) is 0 Å². The fourth-order valence-electron chi connectivity index (χ4n) is 2.09. The molecule has 0 amide bonds. The highest BCUT2D eigenvalue weighted by atomic mass is 16.5. The molecule has 2 aromatic rings. The Morgan fingerprint density at radius 1 is 1.37 bits per heavy atom. The number of nitrogens with one attached hydrogen (secondary N) is 1. The van der Waals surface area contributed by atoms with Gasteiger partial charge in [0.25, 0.3) is 0 Å². The maximum Gasteiger partial charge on any atom is 0.341 e. The third kappa shape index (κ3) is 2.37. The summed E-state index contributed by atoms with van der Waals surface area (Å²) >= 11 is 0. The lowest BCUT2D eigenvalue weighted by Crippen LogP contribution is -2.07. The van der Waals surface area contributed by atoms with E-state index in [-0.39, 0.29) is 0 Å². The van der Waals surface area contributed by atoms with Gasteiger partial charge in [-0.15, -0.1) is 0 Å². The van der Waals surface area contributed by atoms with E-state index in [0.717, 1.165) is 22.2 Å². The molecule has 0 aliphatic rings. The number of nitrogens with zero attached hydrogens (tertiary/aromatic N) is 1. The predicted octanol–water partition coefficient (Wildman–Crippen LogP) is 2.21. The average Bonchev–Trinajstić information content (AvgIpc) is 2.45. The third-order valence-corrected chi connectivity index (χ3v) is 2.94. The average molecular weight is 260 g/mol. The number of benzene rings is 1. The molecule has 19 heavy (non-hydrogen) atoms. The van der Waals surface area contributed by atoms with Crippen LogP contribution in [-0.2, 0) is 16.1 Å². The Morgan fingerprint density at radius 2 is 2.16 bits per heavy atom. The van der Waals surface area contributed by atoms with Gasteiger partial charge in [0.2, 0.25) is 0 Å². The minimum absolute atomic E-state index is 0.407. The summed E-state index contributed by atoms with van der Waals surface area (Å²) in [4.78, 5) is 16.1. The molecule has 0 aliphatic heterocycles. The number of anilines is 1. The number of para-hydroxylation sites is 1. The van der Waals surface area contributed by atoms with Crippen LogP contribution in [0.4, 0.5) is 5.69 Å².